The zero-order chi connectivity index (χ0) is 13.9. The number of carbonyl (C=O) groups excluding carboxylic acids is 1. The molecule has 0 spiro atoms. The molecule has 0 aliphatic heterocycles. The van der Waals surface area contributed by atoms with Crippen LogP contribution in [0.5, 0.6) is 0 Å². The molecule has 0 bridgehead atoms. The maximum atomic E-state index is 10.9. The van der Waals surface area contributed by atoms with E-state index in [4.69, 9.17) is 0 Å². The lowest BCUT2D eigenvalue weighted by molar-refractivity contribution is -0.110. The molecule has 5 heteroatoms. The van der Waals surface area contributed by atoms with Crippen LogP contribution in [-0.4, -0.2) is 21.4 Å². The Hall–Kier alpha value is -2.69. The molecule has 2 aromatic carbocycles. The molecule has 1 unspecified atom stereocenters. The zero-order valence-corrected chi connectivity index (χ0v) is 11.0. The standard InChI is InChI=1S/C15H14N4O/c1-11-6-8-12(9-7-11)15(16-10-20)19-14-5-3-2-4-13(14)17-18-19/h2-10,15H,1H3,(H,16,20). The minimum Gasteiger partial charge on any atom is -0.333 e. The van der Waals surface area contributed by atoms with Crippen LogP contribution in [0.15, 0.2) is 48.5 Å². The first-order chi connectivity index (χ1) is 9.79. The third-order valence-corrected chi connectivity index (χ3v) is 3.24. The van der Waals surface area contributed by atoms with Gasteiger partial charge >= 0.3 is 0 Å². The Kier molecular flexibility index (Phi) is 3.16. The number of fused-ring (bicyclic) bond motifs is 1. The summed E-state index contributed by atoms with van der Waals surface area (Å²) in [6.45, 7) is 2.02. The van der Waals surface area contributed by atoms with E-state index in [1.54, 1.807) is 4.68 Å². The van der Waals surface area contributed by atoms with Crippen LogP contribution < -0.4 is 5.32 Å². The Labute approximate surface area is 116 Å². The predicted molar refractivity (Wildman–Crippen MR) is 76.0 cm³/mol. The highest BCUT2D eigenvalue weighted by atomic mass is 16.1. The number of benzene rings is 2. The van der Waals surface area contributed by atoms with Crippen molar-refractivity contribution in [3.8, 4) is 0 Å². The minimum absolute atomic E-state index is 0.361. The molecule has 3 rings (SSSR count). The van der Waals surface area contributed by atoms with Crippen molar-refractivity contribution in [1.82, 2.24) is 20.3 Å². The fraction of sp³-hybridized carbons (Fsp3) is 0.133. The third kappa shape index (κ3) is 2.14. The van der Waals surface area contributed by atoms with Gasteiger partial charge in [-0.3, -0.25) is 4.79 Å². The first-order valence-electron chi connectivity index (χ1n) is 6.36. The highest BCUT2D eigenvalue weighted by molar-refractivity contribution is 5.74. The lowest BCUT2D eigenvalue weighted by Gasteiger charge is -2.17. The second-order valence-electron chi connectivity index (χ2n) is 4.62. The van der Waals surface area contributed by atoms with Crippen molar-refractivity contribution in [2.24, 2.45) is 0 Å². The Morgan fingerprint density at radius 3 is 2.65 bits per heavy atom. The fourth-order valence-corrected chi connectivity index (χ4v) is 2.20. The van der Waals surface area contributed by atoms with Gasteiger partial charge in [0, 0.05) is 0 Å². The van der Waals surface area contributed by atoms with Gasteiger partial charge in [-0.15, -0.1) is 5.10 Å². The lowest BCUT2D eigenvalue weighted by atomic mass is 10.1. The van der Waals surface area contributed by atoms with Gasteiger partial charge in [-0.05, 0) is 24.6 Å². The average molecular weight is 266 g/mol. The Bertz CT molecular complexity index is 733. The van der Waals surface area contributed by atoms with E-state index in [9.17, 15) is 4.79 Å². The molecule has 3 aromatic rings. The number of hydrogen-bond donors (Lipinski definition) is 1. The first kappa shape index (κ1) is 12.3. The van der Waals surface area contributed by atoms with Gasteiger partial charge < -0.3 is 5.32 Å². The van der Waals surface area contributed by atoms with E-state index in [1.807, 2.05) is 55.5 Å². The summed E-state index contributed by atoms with van der Waals surface area (Å²) in [6, 6.07) is 15.6. The van der Waals surface area contributed by atoms with Crippen molar-refractivity contribution in [3.05, 3.63) is 59.7 Å². The molecule has 20 heavy (non-hydrogen) atoms. The normalized spacial score (nSPS) is 12.2. The van der Waals surface area contributed by atoms with E-state index >= 15 is 0 Å². The Balaban J connectivity index is 2.10. The zero-order valence-electron chi connectivity index (χ0n) is 11.0. The van der Waals surface area contributed by atoms with E-state index in [-0.39, 0.29) is 6.17 Å². The highest BCUT2D eigenvalue weighted by Gasteiger charge is 2.16. The monoisotopic (exact) mass is 266 g/mol. The third-order valence-electron chi connectivity index (χ3n) is 3.24. The van der Waals surface area contributed by atoms with Crippen LogP contribution in [0.3, 0.4) is 0 Å². The molecule has 1 heterocycles. The Morgan fingerprint density at radius 1 is 1.15 bits per heavy atom. The summed E-state index contributed by atoms with van der Waals surface area (Å²) in [7, 11) is 0. The molecule has 0 fully saturated rings. The summed E-state index contributed by atoms with van der Waals surface area (Å²) < 4.78 is 1.72. The van der Waals surface area contributed by atoms with E-state index in [0.29, 0.717) is 6.41 Å². The van der Waals surface area contributed by atoms with Gasteiger partial charge in [0.2, 0.25) is 6.41 Å². The van der Waals surface area contributed by atoms with Crippen molar-refractivity contribution >= 4 is 17.4 Å². The molecule has 1 atom stereocenters. The number of hydrogen-bond acceptors (Lipinski definition) is 3. The smallest absolute Gasteiger partial charge is 0.209 e. The Morgan fingerprint density at radius 2 is 1.90 bits per heavy atom. The summed E-state index contributed by atoms with van der Waals surface area (Å²) >= 11 is 0. The topological polar surface area (TPSA) is 59.8 Å². The van der Waals surface area contributed by atoms with E-state index < -0.39 is 0 Å². The van der Waals surface area contributed by atoms with Gasteiger partial charge in [0.05, 0.1) is 5.52 Å². The predicted octanol–water partition coefficient (Wildman–Crippen LogP) is 2.03. The van der Waals surface area contributed by atoms with Crippen LogP contribution in [0.25, 0.3) is 11.0 Å². The SMILES string of the molecule is Cc1ccc(C(NC=O)n2nnc3ccccc32)cc1. The van der Waals surface area contributed by atoms with E-state index in [0.717, 1.165) is 16.6 Å². The molecule has 0 radical (unpaired) electrons. The van der Waals surface area contributed by atoms with Gasteiger partial charge in [-0.25, -0.2) is 4.68 Å². The molecule has 100 valence electrons. The largest absolute Gasteiger partial charge is 0.333 e. The highest BCUT2D eigenvalue weighted by Crippen LogP contribution is 2.20. The summed E-state index contributed by atoms with van der Waals surface area (Å²) in [5.74, 6) is 0. The van der Waals surface area contributed by atoms with Gasteiger partial charge in [-0.2, -0.15) is 0 Å². The number of aryl methyl sites for hydroxylation is 1. The molecule has 0 saturated carbocycles. The van der Waals surface area contributed by atoms with Crippen LogP contribution >= 0.6 is 0 Å². The van der Waals surface area contributed by atoms with Gasteiger partial charge in [0.25, 0.3) is 0 Å². The van der Waals surface area contributed by atoms with Crippen LogP contribution in [0.1, 0.15) is 17.3 Å². The number of rotatable bonds is 4. The summed E-state index contributed by atoms with van der Waals surface area (Å²) in [5.41, 5.74) is 3.81. The molecule has 0 saturated heterocycles. The van der Waals surface area contributed by atoms with Crippen molar-refractivity contribution in [3.63, 3.8) is 0 Å². The number of para-hydroxylation sites is 1. The molecule has 5 nitrogen and oxygen atoms in total. The summed E-state index contributed by atoms with van der Waals surface area (Å²) in [6.07, 6.45) is 0.321. The van der Waals surface area contributed by atoms with Crippen LogP contribution in [0.4, 0.5) is 0 Å². The summed E-state index contributed by atoms with van der Waals surface area (Å²) in [4.78, 5) is 10.9. The quantitative estimate of drug-likeness (QED) is 0.735. The van der Waals surface area contributed by atoms with Crippen LogP contribution in [0, 0.1) is 6.92 Å². The fourth-order valence-electron chi connectivity index (χ4n) is 2.20. The summed E-state index contributed by atoms with van der Waals surface area (Å²) in [5, 5.41) is 11.1. The van der Waals surface area contributed by atoms with E-state index in [1.165, 1.54) is 5.56 Å². The molecule has 1 N–H and O–H groups in total. The van der Waals surface area contributed by atoms with Crippen LogP contribution in [-0.2, 0) is 4.79 Å². The molecule has 1 amide bonds. The van der Waals surface area contributed by atoms with E-state index in [2.05, 4.69) is 15.6 Å². The molecular formula is C15H14N4O. The molecule has 0 aliphatic carbocycles. The lowest BCUT2D eigenvalue weighted by Crippen LogP contribution is -2.27. The van der Waals surface area contributed by atoms with Gasteiger partial charge in [0.15, 0.2) is 6.17 Å². The number of nitrogens with one attached hydrogen (secondary N) is 1. The van der Waals surface area contributed by atoms with Crippen molar-refractivity contribution in [1.29, 1.82) is 0 Å². The van der Waals surface area contributed by atoms with Gasteiger partial charge in [-0.1, -0.05) is 47.2 Å². The number of amides is 1. The number of aromatic nitrogens is 3. The maximum absolute atomic E-state index is 10.9. The maximum Gasteiger partial charge on any atom is 0.209 e. The van der Waals surface area contributed by atoms with Gasteiger partial charge in [0.1, 0.15) is 5.52 Å². The van der Waals surface area contributed by atoms with Crippen molar-refractivity contribution in [2.75, 3.05) is 0 Å². The minimum atomic E-state index is -0.361. The molecule has 0 aliphatic rings. The van der Waals surface area contributed by atoms with Crippen LogP contribution in [0.2, 0.25) is 0 Å². The second-order valence-corrected chi connectivity index (χ2v) is 4.62. The average Bonchev–Trinajstić information content (AvgIpc) is 2.90. The van der Waals surface area contributed by atoms with Crippen molar-refractivity contribution < 1.29 is 4.79 Å². The second kappa shape index (κ2) is 5.13. The number of nitrogens with zero attached hydrogens (tertiary/aromatic N) is 3. The molecule has 1 aromatic heterocycles. The molecular weight excluding hydrogens is 252 g/mol. The van der Waals surface area contributed by atoms with Crippen molar-refractivity contribution in [2.45, 2.75) is 13.1 Å². The first-order valence-corrected chi connectivity index (χ1v) is 6.36. The number of carbonyl (C=O) groups is 1.